The predicted octanol–water partition coefficient (Wildman–Crippen LogP) is 4.04. The molecule has 2 aromatic carbocycles. The highest BCUT2D eigenvalue weighted by molar-refractivity contribution is 7.18. The third kappa shape index (κ3) is 3.94. The number of alkyl halides is 3. The first-order valence-electron chi connectivity index (χ1n) is 7.08. The average molecular weight is 400 g/mol. The lowest BCUT2D eigenvalue weighted by atomic mass is 10.2. The summed E-state index contributed by atoms with van der Waals surface area (Å²) < 4.78 is 38.3. The molecule has 0 unspecified atom stereocenters. The van der Waals surface area contributed by atoms with Crippen LogP contribution in [0.4, 0.5) is 13.2 Å². The number of benzene rings is 2. The first-order chi connectivity index (χ1) is 12.2. The topological polar surface area (TPSA) is 71.1 Å². The summed E-state index contributed by atoms with van der Waals surface area (Å²) in [5.74, 6) is -1.23. The fourth-order valence-electron chi connectivity index (χ4n) is 2.05. The lowest BCUT2D eigenvalue weighted by Crippen LogP contribution is -2.41. The van der Waals surface area contributed by atoms with Crippen molar-refractivity contribution in [2.45, 2.75) is 6.18 Å². The van der Waals surface area contributed by atoms with Crippen molar-refractivity contribution in [1.29, 1.82) is 0 Å². The molecule has 0 saturated carbocycles. The Morgan fingerprint density at radius 3 is 2.15 bits per heavy atom. The normalized spacial score (nSPS) is 11.4. The number of aromatic nitrogens is 1. The van der Waals surface area contributed by atoms with Crippen LogP contribution in [0.3, 0.4) is 0 Å². The van der Waals surface area contributed by atoms with E-state index in [2.05, 4.69) is 15.8 Å². The number of carbonyl (C=O) groups excluding carboxylic acids is 2. The maximum absolute atomic E-state index is 12.7. The fourth-order valence-corrected chi connectivity index (χ4v) is 3.04. The summed E-state index contributed by atoms with van der Waals surface area (Å²) in [6.07, 6.45) is -4.54. The summed E-state index contributed by atoms with van der Waals surface area (Å²) in [6, 6.07) is 9.93. The number of thiazole rings is 1. The number of hydrogen-bond donors (Lipinski definition) is 2. The van der Waals surface area contributed by atoms with E-state index in [4.69, 9.17) is 11.6 Å². The van der Waals surface area contributed by atoms with E-state index in [1.807, 2.05) is 0 Å². The summed E-state index contributed by atoms with van der Waals surface area (Å²) in [5, 5.41) is -0.525. The van der Waals surface area contributed by atoms with E-state index >= 15 is 0 Å². The molecule has 0 aliphatic rings. The molecule has 0 spiro atoms. The van der Waals surface area contributed by atoms with Crippen LogP contribution < -0.4 is 10.9 Å². The summed E-state index contributed by atoms with van der Waals surface area (Å²) in [5.41, 5.74) is 4.94. The van der Waals surface area contributed by atoms with Crippen LogP contribution in [0.5, 0.6) is 0 Å². The van der Waals surface area contributed by atoms with Gasteiger partial charge in [-0.05, 0) is 42.5 Å². The third-order valence-corrected chi connectivity index (χ3v) is 4.60. The highest BCUT2D eigenvalue weighted by atomic mass is 35.5. The van der Waals surface area contributed by atoms with Gasteiger partial charge in [0, 0.05) is 16.1 Å². The molecule has 2 amide bonds. The van der Waals surface area contributed by atoms with Gasteiger partial charge in [-0.2, -0.15) is 13.2 Å². The lowest BCUT2D eigenvalue weighted by molar-refractivity contribution is -0.137. The van der Waals surface area contributed by atoms with E-state index in [0.29, 0.717) is 16.4 Å². The zero-order chi connectivity index (χ0) is 18.9. The first kappa shape index (κ1) is 18.2. The van der Waals surface area contributed by atoms with E-state index in [9.17, 15) is 22.8 Å². The van der Waals surface area contributed by atoms with Crippen molar-refractivity contribution >= 4 is 45.0 Å². The predicted molar refractivity (Wildman–Crippen MR) is 91.0 cm³/mol. The van der Waals surface area contributed by atoms with E-state index < -0.39 is 23.0 Å². The van der Waals surface area contributed by atoms with Crippen molar-refractivity contribution < 1.29 is 22.8 Å². The van der Waals surface area contributed by atoms with Gasteiger partial charge in [0.15, 0.2) is 5.01 Å². The van der Waals surface area contributed by atoms with Crippen molar-refractivity contribution in [1.82, 2.24) is 15.8 Å². The Morgan fingerprint density at radius 2 is 1.54 bits per heavy atom. The van der Waals surface area contributed by atoms with Crippen LogP contribution in [0.15, 0.2) is 42.5 Å². The van der Waals surface area contributed by atoms with E-state index in [-0.39, 0.29) is 21.3 Å². The number of amides is 2. The van der Waals surface area contributed by atoms with Gasteiger partial charge in [-0.1, -0.05) is 11.6 Å². The molecular formula is C16H9ClF3N3O2S. The molecule has 134 valence electrons. The Bertz CT molecular complexity index is 987. The Balaban J connectivity index is 1.71. The van der Waals surface area contributed by atoms with Gasteiger partial charge in [-0.25, -0.2) is 4.98 Å². The molecule has 0 atom stereocenters. The number of fused-ring (bicyclic) bond motifs is 1. The molecule has 0 aliphatic carbocycles. The Morgan fingerprint density at radius 1 is 0.962 bits per heavy atom. The summed E-state index contributed by atoms with van der Waals surface area (Å²) in [4.78, 5) is 27.5. The highest BCUT2D eigenvalue weighted by Gasteiger charge is 2.34. The molecular weight excluding hydrogens is 391 g/mol. The first-order valence-corrected chi connectivity index (χ1v) is 8.27. The van der Waals surface area contributed by atoms with E-state index in [1.54, 1.807) is 0 Å². The van der Waals surface area contributed by atoms with Crippen molar-refractivity contribution in [2.75, 3.05) is 0 Å². The van der Waals surface area contributed by atoms with Crippen LogP contribution in [0.25, 0.3) is 10.2 Å². The Kier molecular flexibility index (Phi) is 4.84. The number of carbonyl (C=O) groups is 2. The summed E-state index contributed by atoms with van der Waals surface area (Å²) in [6.45, 7) is 0. The highest BCUT2D eigenvalue weighted by Crippen LogP contribution is 2.35. The number of halogens is 4. The maximum atomic E-state index is 12.7. The van der Waals surface area contributed by atoms with Crippen LogP contribution >= 0.6 is 22.9 Å². The molecule has 5 nitrogen and oxygen atoms in total. The van der Waals surface area contributed by atoms with E-state index in [1.165, 1.54) is 42.5 Å². The van der Waals surface area contributed by atoms with Gasteiger partial charge in [-0.3, -0.25) is 20.4 Å². The Hall–Kier alpha value is -2.65. The van der Waals surface area contributed by atoms with Gasteiger partial charge in [0.2, 0.25) is 0 Å². The monoisotopic (exact) mass is 399 g/mol. The molecule has 1 aromatic heterocycles. The second-order valence-corrected chi connectivity index (χ2v) is 6.58. The van der Waals surface area contributed by atoms with Crippen LogP contribution in [-0.2, 0) is 6.18 Å². The quantitative estimate of drug-likeness (QED) is 0.639. The van der Waals surface area contributed by atoms with Gasteiger partial charge in [0.05, 0.1) is 10.2 Å². The molecule has 0 saturated heterocycles. The molecule has 2 N–H and O–H groups in total. The van der Waals surface area contributed by atoms with Crippen molar-refractivity contribution in [3.8, 4) is 0 Å². The van der Waals surface area contributed by atoms with Crippen LogP contribution in [0.2, 0.25) is 5.02 Å². The van der Waals surface area contributed by atoms with Gasteiger partial charge in [0.25, 0.3) is 11.8 Å². The summed E-state index contributed by atoms with van der Waals surface area (Å²) >= 11 is 6.17. The largest absolute Gasteiger partial charge is 0.443 e. The number of nitrogens with one attached hydrogen (secondary N) is 2. The van der Waals surface area contributed by atoms with Crippen LogP contribution in [0.1, 0.15) is 25.7 Å². The third-order valence-electron chi connectivity index (χ3n) is 3.29. The molecule has 0 bridgehead atoms. The van der Waals surface area contributed by atoms with Crippen molar-refractivity contribution in [3.05, 3.63) is 63.6 Å². The molecule has 3 rings (SSSR count). The number of hydrazine groups is 1. The molecule has 0 aliphatic heterocycles. The van der Waals surface area contributed by atoms with Crippen molar-refractivity contribution in [2.24, 2.45) is 0 Å². The molecule has 3 aromatic rings. The molecule has 10 heteroatoms. The fraction of sp³-hybridized carbons (Fsp3) is 0.0625. The standard InChI is InChI=1S/C16H9ClF3N3O2S/c17-10-4-1-8(2-5-10)13(24)22-23-14(25)9-3-6-11-12(7-9)26-15(21-11)16(18,19)20/h1-7H,(H,22,24)(H,23,25). The second-order valence-electron chi connectivity index (χ2n) is 5.11. The second kappa shape index (κ2) is 6.93. The average Bonchev–Trinajstić information content (AvgIpc) is 3.03. The van der Waals surface area contributed by atoms with Gasteiger partial charge in [0.1, 0.15) is 0 Å². The minimum Gasteiger partial charge on any atom is -0.267 e. The van der Waals surface area contributed by atoms with Crippen molar-refractivity contribution in [3.63, 3.8) is 0 Å². The molecule has 1 heterocycles. The zero-order valence-corrected chi connectivity index (χ0v) is 14.3. The number of rotatable bonds is 2. The van der Waals surface area contributed by atoms with Gasteiger partial charge in [-0.15, -0.1) is 11.3 Å². The minimum absolute atomic E-state index is 0.0891. The van der Waals surface area contributed by atoms with Crippen LogP contribution in [0, 0.1) is 0 Å². The van der Waals surface area contributed by atoms with Crippen LogP contribution in [-0.4, -0.2) is 16.8 Å². The Labute approximate surface area is 153 Å². The van der Waals surface area contributed by atoms with E-state index in [0.717, 1.165) is 0 Å². The molecule has 0 radical (unpaired) electrons. The van der Waals surface area contributed by atoms with Gasteiger partial charge < -0.3 is 0 Å². The number of nitrogens with zero attached hydrogens (tertiary/aromatic N) is 1. The SMILES string of the molecule is O=C(NNC(=O)c1ccc2nc(C(F)(F)F)sc2c1)c1ccc(Cl)cc1. The maximum Gasteiger partial charge on any atom is 0.443 e. The molecule has 0 fully saturated rings. The zero-order valence-electron chi connectivity index (χ0n) is 12.7. The smallest absolute Gasteiger partial charge is 0.267 e. The lowest BCUT2D eigenvalue weighted by Gasteiger charge is -2.07. The number of hydrogen-bond acceptors (Lipinski definition) is 4. The van der Waals surface area contributed by atoms with Gasteiger partial charge >= 0.3 is 6.18 Å². The minimum atomic E-state index is -4.54. The summed E-state index contributed by atoms with van der Waals surface area (Å²) in [7, 11) is 0. The molecule has 26 heavy (non-hydrogen) atoms.